The Morgan fingerprint density at radius 1 is 1.18 bits per heavy atom. The number of hydrogen-bond acceptors (Lipinski definition) is 5. The number of benzene rings is 1. The number of nitrogens with zero attached hydrogens (tertiary/aromatic N) is 4. The van der Waals surface area contributed by atoms with E-state index in [2.05, 4.69) is 42.9 Å². The van der Waals surface area contributed by atoms with Crippen LogP contribution >= 0.6 is 0 Å². The van der Waals surface area contributed by atoms with Gasteiger partial charge >= 0.3 is 0 Å². The third-order valence-electron chi connectivity index (χ3n) is 8.02. The fourth-order valence-corrected chi connectivity index (χ4v) is 6.05. The summed E-state index contributed by atoms with van der Waals surface area (Å²) in [5.74, 6) is -0.663. The standard InChI is InChI=1S/C29H37F2N5O2/c1-18-7-26(37)35(13-18)15-23-12-32-19(2)14-34(23)16-27(38)36-17-29(3,4)28-25(36)9-20(11-33-28)8-21-5-6-22(30)10-24(21)31/h5-6,9-11,18-19,23,32H,7-8,12-17H2,1-4H3/t18-,19-,23-/m1/s1. The van der Waals surface area contributed by atoms with Crippen LogP contribution < -0.4 is 10.2 Å². The van der Waals surface area contributed by atoms with Gasteiger partial charge in [0, 0.05) is 75.3 Å². The van der Waals surface area contributed by atoms with Gasteiger partial charge in [0.1, 0.15) is 11.6 Å². The second-order valence-corrected chi connectivity index (χ2v) is 12.0. The van der Waals surface area contributed by atoms with Crippen molar-refractivity contribution in [2.45, 2.75) is 58.0 Å². The Labute approximate surface area is 223 Å². The molecular weight excluding hydrogens is 488 g/mol. The van der Waals surface area contributed by atoms with Crippen LogP contribution in [0.15, 0.2) is 30.5 Å². The molecule has 1 aromatic carbocycles. The molecule has 3 aliphatic rings. The maximum atomic E-state index is 14.3. The molecule has 4 heterocycles. The summed E-state index contributed by atoms with van der Waals surface area (Å²) in [5, 5.41) is 3.50. The predicted octanol–water partition coefficient (Wildman–Crippen LogP) is 3.11. The lowest BCUT2D eigenvalue weighted by Crippen LogP contribution is -2.61. The van der Waals surface area contributed by atoms with E-state index in [4.69, 9.17) is 0 Å². The first-order valence-electron chi connectivity index (χ1n) is 13.5. The van der Waals surface area contributed by atoms with Crippen molar-refractivity contribution in [3.05, 3.63) is 58.9 Å². The minimum absolute atomic E-state index is 0.0102. The van der Waals surface area contributed by atoms with Crippen LogP contribution in [-0.2, 0) is 21.4 Å². The number of carbonyl (C=O) groups excluding carboxylic acids is 2. The van der Waals surface area contributed by atoms with Gasteiger partial charge in [0.2, 0.25) is 11.8 Å². The Hall–Kier alpha value is -2.91. The van der Waals surface area contributed by atoms with Crippen LogP contribution in [0.3, 0.4) is 0 Å². The first-order valence-corrected chi connectivity index (χ1v) is 13.5. The minimum Gasteiger partial charge on any atom is -0.341 e. The highest BCUT2D eigenvalue weighted by atomic mass is 19.1. The van der Waals surface area contributed by atoms with Crippen LogP contribution in [0.4, 0.5) is 14.5 Å². The number of piperazine rings is 1. The molecule has 0 spiro atoms. The number of hydrogen-bond donors (Lipinski definition) is 1. The van der Waals surface area contributed by atoms with Crippen LogP contribution in [0.5, 0.6) is 0 Å². The van der Waals surface area contributed by atoms with Crippen molar-refractivity contribution in [1.82, 2.24) is 20.1 Å². The number of rotatable bonds is 6. The molecule has 2 saturated heterocycles. The molecule has 1 N–H and O–H groups in total. The van der Waals surface area contributed by atoms with Crippen molar-refractivity contribution in [1.29, 1.82) is 0 Å². The molecule has 0 saturated carbocycles. The Bertz CT molecular complexity index is 1240. The summed E-state index contributed by atoms with van der Waals surface area (Å²) in [7, 11) is 0. The molecular formula is C29H37F2N5O2. The topological polar surface area (TPSA) is 68.8 Å². The number of halogens is 2. The molecule has 9 heteroatoms. The molecule has 3 atom stereocenters. The van der Waals surface area contributed by atoms with Crippen molar-refractivity contribution >= 4 is 17.5 Å². The van der Waals surface area contributed by atoms with Gasteiger partial charge in [-0.15, -0.1) is 0 Å². The van der Waals surface area contributed by atoms with E-state index in [1.165, 1.54) is 12.1 Å². The highest BCUT2D eigenvalue weighted by Crippen LogP contribution is 2.40. The maximum Gasteiger partial charge on any atom is 0.241 e. The average Bonchev–Trinajstić information content (AvgIpc) is 3.31. The average molecular weight is 526 g/mol. The Morgan fingerprint density at radius 2 is 1.97 bits per heavy atom. The van der Waals surface area contributed by atoms with Crippen molar-refractivity contribution in [3.63, 3.8) is 0 Å². The monoisotopic (exact) mass is 525 g/mol. The summed E-state index contributed by atoms with van der Waals surface area (Å²) in [6.45, 7) is 11.9. The molecule has 0 unspecified atom stereocenters. The van der Waals surface area contributed by atoms with Gasteiger partial charge in [-0.05, 0) is 36.1 Å². The Kier molecular flexibility index (Phi) is 7.26. The third-order valence-corrected chi connectivity index (χ3v) is 8.02. The minimum atomic E-state index is -0.610. The Morgan fingerprint density at radius 3 is 2.68 bits per heavy atom. The van der Waals surface area contributed by atoms with Crippen molar-refractivity contribution in [2.75, 3.05) is 44.2 Å². The van der Waals surface area contributed by atoms with Crippen LogP contribution in [-0.4, -0.2) is 78.0 Å². The summed E-state index contributed by atoms with van der Waals surface area (Å²) >= 11 is 0. The molecule has 2 amide bonds. The van der Waals surface area contributed by atoms with E-state index in [1.54, 1.807) is 11.1 Å². The lowest BCUT2D eigenvalue weighted by molar-refractivity contribution is -0.128. The van der Waals surface area contributed by atoms with Crippen molar-refractivity contribution < 1.29 is 18.4 Å². The zero-order chi connectivity index (χ0) is 27.2. The van der Waals surface area contributed by atoms with Gasteiger partial charge in [-0.1, -0.05) is 26.8 Å². The van der Waals surface area contributed by atoms with E-state index >= 15 is 0 Å². The third kappa shape index (κ3) is 5.45. The molecule has 7 nitrogen and oxygen atoms in total. The first-order chi connectivity index (χ1) is 18.0. The highest BCUT2D eigenvalue weighted by Gasteiger charge is 2.41. The molecule has 204 valence electrons. The summed E-state index contributed by atoms with van der Waals surface area (Å²) in [6.07, 6.45) is 2.57. The number of carbonyl (C=O) groups is 2. The normalized spacial score (nSPS) is 25.2. The number of pyridine rings is 1. The lowest BCUT2D eigenvalue weighted by Gasteiger charge is -2.41. The second kappa shape index (κ2) is 10.3. The van der Waals surface area contributed by atoms with Gasteiger partial charge < -0.3 is 15.1 Å². The number of anilines is 1. The van der Waals surface area contributed by atoms with Gasteiger partial charge in [-0.2, -0.15) is 0 Å². The fourth-order valence-electron chi connectivity index (χ4n) is 6.05. The Balaban J connectivity index is 1.34. The largest absolute Gasteiger partial charge is 0.341 e. The second-order valence-electron chi connectivity index (χ2n) is 12.0. The van der Waals surface area contributed by atoms with E-state index in [0.717, 1.165) is 42.6 Å². The number of fused-ring (bicyclic) bond motifs is 1. The van der Waals surface area contributed by atoms with Crippen LogP contribution in [0.2, 0.25) is 0 Å². The summed E-state index contributed by atoms with van der Waals surface area (Å²) in [4.78, 5) is 36.8. The fraction of sp³-hybridized carbons (Fsp3) is 0.552. The highest BCUT2D eigenvalue weighted by molar-refractivity contribution is 5.97. The number of amides is 2. The molecule has 0 bridgehead atoms. The summed E-state index contributed by atoms with van der Waals surface area (Å²) in [6, 6.07) is 5.80. The van der Waals surface area contributed by atoms with E-state index < -0.39 is 11.6 Å². The summed E-state index contributed by atoms with van der Waals surface area (Å²) < 4.78 is 27.7. The van der Waals surface area contributed by atoms with Crippen molar-refractivity contribution in [2.24, 2.45) is 5.92 Å². The summed E-state index contributed by atoms with van der Waals surface area (Å²) in [5.41, 5.74) is 2.42. The van der Waals surface area contributed by atoms with Gasteiger partial charge in [0.15, 0.2) is 0 Å². The number of aromatic nitrogens is 1. The van der Waals surface area contributed by atoms with Crippen LogP contribution in [0.25, 0.3) is 0 Å². The van der Waals surface area contributed by atoms with Gasteiger partial charge in [0.05, 0.1) is 17.9 Å². The van der Waals surface area contributed by atoms with Gasteiger partial charge in [-0.3, -0.25) is 19.5 Å². The molecule has 1 aromatic heterocycles. The first kappa shape index (κ1) is 26.7. The quantitative estimate of drug-likeness (QED) is 0.628. The molecule has 0 aliphatic carbocycles. The number of nitrogens with one attached hydrogen (secondary N) is 1. The van der Waals surface area contributed by atoms with E-state index in [9.17, 15) is 18.4 Å². The molecule has 5 rings (SSSR count). The molecule has 2 fully saturated rings. The van der Waals surface area contributed by atoms with Gasteiger partial charge in [0.25, 0.3) is 0 Å². The molecule has 0 radical (unpaired) electrons. The zero-order valence-corrected chi connectivity index (χ0v) is 22.6. The SMILES string of the molecule is C[C@@H]1CC(=O)N(C[C@H]2CN[C@H](C)CN2CC(=O)N2CC(C)(C)c3ncc(Cc4ccc(F)cc4F)cc32)C1. The lowest BCUT2D eigenvalue weighted by atomic mass is 9.91. The number of likely N-dealkylation sites (tertiary alicyclic amines) is 1. The predicted molar refractivity (Wildman–Crippen MR) is 142 cm³/mol. The smallest absolute Gasteiger partial charge is 0.241 e. The van der Waals surface area contributed by atoms with E-state index in [1.807, 2.05) is 11.0 Å². The van der Waals surface area contributed by atoms with Crippen LogP contribution in [0, 0.1) is 17.6 Å². The molecule has 3 aliphatic heterocycles. The van der Waals surface area contributed by atoms with E-state index in [0.29, 0.717) is 31.0 Å². The van der Waals surface area contributed by atoms with Crippen molar-refractivity contribution in [3.8, 4) is 0 Å². The maximum absolute atomic E-state index is 14.3. The van der Waals surface area contributed by atoms with E-state index in [-0.39, 0.29) is 42.3 Å². The molecule has 38 heavy (non-hydrogen) atoms. The molecule has 2 aromatic rings. The zero-order valence-electron chi connectivity index (χ0n) is 22.6. The van der Waals surface area contributed by atoms with Gasteiger partial charge in [-0.25, -0.2) is 8.78 Å². The van der Waals surface area contributed by atoms with Crippen LogP contribution in [0.1, 0.15) is 50.9 Å².